The summed E-state index contributed by atoms with van der Waals surface area (Å²) >= 11 is 0. The van der Waals surface area contributed by atoms with Crippen molar-refractivity contribution >= 4 is 23.3 Å². The van der Waals surface area contributed by atoms with Crippen LogP contribution in [0.5, 0.6) is 0 Å². The molecule has 0 saturated carbocycles. The average molecular weight is 492 g/mol. The summed E-state index contributed by atoms with van der Waals surface area (Å²) in [6.45, 7) is 7.77. The first-order valence-corrected chi connectivity index (χ1v) is 13.1. The van der Waals surface area contributed by atoms with Crippen LogP contribution >= 0.6 is 0 Å². The van der Waals surface area contributed by atoms with E-state index in [9.17, 15) is 4.79 Å². The zero-order chi connectivity index (χ0) is 25.9. The van der Waals surface area contributed by atoms with Gasteiger partial charge in [0.05, 0.1) is 11.6 Å². The Kier molecular flexibility index (Phi) is 7.05. The van der Waals surface area contributed by atoms with E-state index in [-0.39, 0.29) is 5.91 Å². The van der Waals surface area contributed by atoms with E-state index in [4.69, 9.17) is 10.3 Å². The van der Waals surface area contributed by atoms with Crippen molar-refractivity contribution in [3.05, 3.63) is 88.0 Å². The minimum absolute atomic E-state index is 0.0993. The van der Waals surface area contributed by atoms with Crippen molar-refractivity contribution in [2.75, 3.05) is 18.4 Å². The third-order valence-electron chi connectivity index (χ3n) is 7.33. The second kappa shape index (κ2) is 10.6. The van der Waals surface area contributed by atoms with Gasteiger partial charge in [-0.25, -0.2) is 9.98 Å². The highest BCUT2D eigenvalue weighted by Gasteiger charge is 2.25. The summed E-state index contributed by atoms with van der Waals surface area (Å²) in [4.78, 5) is 24.8. The van der Waals surface area contributed by atoms with Crippen molar-refractivity contribution in [3.63, 3.8) is 0 Å². The highest BCUT2D eigenvalue weighted by Crippen LogP contribution is 2.30. The van der Waals surface area contributed by atoms with Gasteiger partial charge in [0.1, 0.15) is 5.82 Å². The number of hydrogen-bond acceptors (Lipinski definition) is 5. The van der Waals surface area contributed by atoms with Crippen molar-refractivity contribution < 1.29 is 4.79 Å². The Labute approximate surface area is 219 Å². The Morgan fingerprint density at radius 3 is 2.57 bits per heavy atom. The first-order valence-electron chi connectivity index (χ1n) is 13.1. The predicted octanol–water partition coefficient (Wildman–Crippen LogP) is 5.97. The van der Waals surface area contributed by atoms with Gasteiger partial charge >= 0.3 is 0 Å². The zero-order valence-electron chi connectivity index (χ0n) is 21.8. The van der Waals surface area contributed by atoms with Crippen molar-refractivity contribution in [2.45, 2.75) is 58.4 Å². The first kappa shape index (κ1) is 24.7. The number of nitrogens with one attached hydrogen (secondary N) is 1. The van der Waals surface area contributed by atoms with Crippen molar-refractivity contribution in [1.29, 1.82) is 5.26 Å². The third-order valence-corrected chi connectivity index (χ3v) is 7.33. The summed E-state index contributed by atoms with van der Waals surface area (Å²) in [5.41, 5.74) is 7.23. The molecule has 3 heterocycles. The smallest absolute Gasteiger partial charge is 0.253 e. The summed E-state index contributed by atoms with van der Waals surface area (Å²) in [5, 5.41) is 12.4. The Morgan fingerprint density at radius 2 is 1.86 bits per heavy atom. The van der Waals surface area contributed by atoms with E-state index in [1.54, 1.807) is 0 Å². The number of nitrogens with zero attached hydrogens (tertiary/aromatic N) is 4. The third kappa shape index (κ3) is 5.56. The topological polar surface area (TPSA) is 81.4 Å². The molecule has 3 aromatic rings. The van der Waals surface area contributed by atoms with E-state index in [1.807, 2.05) is 41.3 Å². The number of carbonyl (C=O) groups excluding carboxylic acids is 1. The minimum atomic E-state index is 0.0993. The molecule has 2 aliphatic rings. The molecule has 0 bridgehead atoms. The average Bonchev–Trinajstić information content (AvgIpc) is 3.31. The maximum atomic E-state index is 13.4. The molecular weight excluding hydrogens is 458 g/mol. The summed E-state index contributed by atoms with van der Waals surface area (Å²) in [6.07, 6.45) is 3.39. The fourth-order valence-electron chi connectivity index (χ4n) is 5.24. The van der Waals surface area contributed by atoms with Gasteiger partial charge in [-0.05, 0) is 86.6 Å². The molecule has 1 N–H and O–H groups in total. The fraction of sp³-hybridized carbons (Fsp3) is 0.355. The molecule has 0 radical (unpaired) electrons. The highest BCUT2D eigenvalue weighted by molar-refractivity contribution is 5.97. The fourth-order valence-corrected chi connectivity index (χ4v) is 5.24. The number of aryl methyl sites for hydroxylation is 1. The van der Waals surface area contributed by atoms with Crippen LogP contribution in [0.3, 0.4) is 0 Å². The Hall–Kier alpha value is -3.98. The number of rotatable bonds is 6. The molecule has 1 aromatic heterocycles. The van der Waals surface area contributed by atoms with Gasteiger partial charge in [-0.15, -0.1) is 0 Å². The summed E-state index contributed by atoms with van der Waals surface area (Å²) in [7, 11) is 0. The van der Waals surface area contributed by atoms with E-state index in [1.165, 1.54) is 11.1 Å². The van der Waals surface area contributed by atoms with Crippen molar-refractivity contribution in [3.8, 4) is 6.07 Å². The van der Waals surface area contributed by atoms with Gasteiger partial charge < -0.3 is 10.2 Å². The van der Waals surface area contributed by atoms with Gasteiger partial charge in [0.15, 0.2) is 5.82 Å². The number of fused-ring (bicyclic) bond motifs is 1. The number of amides is 1. The van der Waals surface area contributed by atoms with E-state index in [0.29, 0.717) is 17.5 Å². The lowest BCUT2D eigenvalue weighted by Crippen LogP contribution is -2.38. The highest BCUT2D eigenvalue weighted by atomic mass is 16.2. The van der Waals surface area contributed by atoms with Crippen molar-refractivity contribution in [2.24, 2.45) is 4.99 Å². The van der Waals surface area contributed by atoms with Gasteiger partial charge in [-0.2, -0.15) is 5.26 Å². The normalized spacial score (nSPS) is 15.3. The molecule has 1 amide bonds. The molecule has 2 aromatic carbocycles. The van der Waals surface area contributed by atoms with Gasteiger partial charge in [0.2, 0.25) is 0 Å². The number of likely N-dealkylation sites (tertiary alicyclic amines) is 1. The molecule has 6 nitrogen and oxygen atoms in total. The number of piperidine rings is 1. The minimum Gasteiger partial charge on any atom is -0.368 e. The van der Waals surface area contributed by atoms with Crippen LogP contribution in [0.4, 0.5) is 11.6 Å². The summed E-state index contributed by atoms with van der Waals surface area (Å²) in [6, 6.07) is 20.5. The van der Waals surface area contributed by atoms with Crippen molar-refractivity contribution in [1.82, 2.24) is 9.88 Å². The van der Waals surface area contributed by atoms with Crippen LogP contribution in [0.2, 0.25) is 0 Å². The predicted molar refractivity (Wildman–Crippen MR) is 148 cm³/mol. The quantitative estimate of drug-likeness (QED) is 0.460. The molecule has 0 atom stereocenters. The molecular formula is C31H33N5O. The van der Waals surface area contributed by atoms with Crippen LogP contribution in [0.1, 0.15) is 70.8 Å². The Morgan fingerprint density at radius 1 is 1.11 bits per heavy atom. The SMILES string of the molecule is Cc1ccc(C(=O)N2CCC(c3ccc(C#N)cc3)CC2)cc1CC1=Nc2nc(NC(C)C)ccc2C1. The van der Waals surface area contributed by atoms with Crippen LogP contribution in [0.15, 0.2) is 59.6 Å². The molecule has 5 rings (SSSR count). The maximum Gasteiger partial charge on any atom is 0.253 e. The maximum absolute atomic E-state index is 13.4. The monoisotopic (exact) mass is 491 g/mol. The van der Waals surface area contributed by atoms with E-state index in [2.05, 4.69) is 55.3 Å². The van der Waals surface area contributed by atoms with Crippen LogP contribution in [-0.4, -0.2) is 40.6 Å². The Balaban J connectivity index is 1.24. The van der Waals surface area contributed by atoms with Gasteiger partial charge in [0.25, 0.3) is 5.91 Å². The number of carbonyl (C=O) groups is 1. The van der Waals surface area contributed by atoms with Crippen LogP contribution < -0.4 is 5.32 Å². The number of hydrogen-bond donors (Lipinski definition) is 1. The largest absolute Gasteiger partial charge is 0.368 e. The molecule has 6 heteroatoms. The molecule has 0 unspecified atom stereocenters. The van der Waals surface area contributed by atoms with Crippen LogP contribution in [0.25, 0.3) is 0 Å². The molecule has 1 saturated heterocycles. The molecule has 0 aliphatic carbocycles. The molecule has 0 spiro atoms. The number of aliphatic imine (C=N–C) groups is 1. The first-order chi connectivity index (χ1) is 17.9. The van der Waals surface area contributed by atoms with E-state index >= 15 is 0 Å². The summed E-state index contributed by atoms with van der Waals surface area (Å²) < 4.78 is 0. The van der Waals surface area contributed by atoms with Gasteiger partial charge in [-0.3, -0.25) is 4.79 Å². The van der Waals surface area contributed by atoms with Crippen LogP contribution in [-0.2, 0) is 12.8 Å². The van der Waals surface area contributed by atoms with E-state index < -0.39 is 0 Å². The lowest BCUT2D eigenvalue weighted by Gasteiger charge is -2.32. The lowest BCUT2D eigenvalue weighted by molar-refractivity contribution is 0.0713. The number of aromatic nitrogens is 1. The van der Waals surface area contributed by atoms with Gasteiger partial charge in [-0.1, -0.05) is 24.3 Å². The summed E-state index contributed by atoms with van der Waals surface area (Å²) in [5.74, 6) is 2.18. The van der Waals surface area contributed by atoms with E-state index in [0.717, 1.165) is 72.8 Å². The molecule has 188 valence electrons. The number of pyridine rings is 1. The Bertz CT molecular complexity index is 1380. The van der Waals surface area contributed by atoms with Gasteiger partial charge in [0, 0.05) is 48.8 Å². The zero-order valence-corrected chi connectivity index (χ0v) is 21.8. The number of benzene rings is 2. The molecule has 1 fully saturated rings. The standard InChI is InChI=1S/C31H33N5O/c1-20(2)33-29-11-10-25-17-28(34-30(25)35-29)18-27-16-26(7-4-21(27)3)31(37)36-14-12-24(13-15-36)23-8-5-22(19-32)6-9-23/h4-11,16,20,24H,12-15,17-18H2,1-3H3,(H,33,35). The second-order valence-electron chi connectivity index (χ2n) is 10.5. The second-order valence-corrected chi connectivity index (χ2v) is 10.5. The molecule has 2 aliphatic heterocycles. The van der Waals surface area contributed by atoms with Crippen LogP contribution in [0, 0.1) is 18.3 Å². The lowest BCUT2D eigenvalue weighted by atomic mass is 9.88. The number of anilines is 1. The number of nitriles is 1. The molecule has 37 heavy (non-hydrogen) atoms.